The van der Waals surface area contributed by atoms with Crippen LogP contribution in [-0.4, -0.2) is 36.6 Å². The number of anilines is 1. The first-order chi connectivity index (χ1) is 13.5. The predicted molar refractivity (Wildman–Crippen MR) is 110 cm³/mol. The van der Waals surface area contributed by atoms with Crippen LogP contribution >= 0.6 is 15.9 Å². The molecule has 0 atom stereocenters. The fourth-order valence-electron chi connectivity index (χ4n) is 3.06. The monoisotopic (exact) mass is 446 g/mol. The summed E-state index contributed by atoms with van der Waals surface area (Å²) in [5.74, 6) is -0.225. The summed E-state index contributed by atoms with van der Waals surface area (Å²) in [6.45, 7) is 5.40. The molecule has 2 aromatic carbocycles. The molecule has 1 aliphatic rings. The van der Waals surface area contributed by atoms with E-state index in [2.05, 4.69) is 15.9 Å². The van der Waals surface area contributed by atoms with Crippen LogP contribution in [-0.2, 0) is 20.8 Å². The van der Waals surface area contributed by atoms with Gasteiger partial charge in [-0.25, -0.2) is 9.69 Å². The quantitative estimate of drug-likeness (QED) is 0.442. The van der Waals surface area contributed by atoms with Gasteiger partial charge in [-0.3, -0.25) is 4.79 Å². The number of nitrogens with zero attached hydrogens (tertiary/aromatic N) is 2. The number of benzene rings is 2. The number of carbonyl (C=O) groups is 2. The number of halogens is 1. The van der Waals surface area contributed by atoms with Crippen molar-refractivity contribution < 1.29 is 19.1 Å². The molecule has 0 saturated carbocycles. The predicted octanol–water partition coefficient (Wildman–Crippen LogP) is 4.49. The summed E-state index contributed by atoms with van der Waals surface area (Å²) in [6.07, 6.45) is -0.396. The van der Waals surface area contributed by atoms with E-state index in [4.69, 9.17) is 9.47 Å². The van der Waals surface area contributed by atoms with Crippen molar-refractivity contribution in [1.29, 1.82) is 0 Å². The van der Waals surface area contributed by atoms with Crippen LogP contribution < -0.4 is 4.90 Å². The van der Waals surface area contributed by atoms with Gasteiger partial charge in [0.1, 0.15) is 6.54 Å². The highest BCUT2D eigenvalue weighted by Crippen LogP contribution is 2.25. The Hall–Kier alpha value is -2.22. The van der Waals surface area contributed by atoms with E-state index in [1.807, 2.05) is 50.2 Å². The average Bonchev–Trinajstić information content (AvgIpc) is 2.96. The lowest BCUT2D eigenvalue weighted by atomic mass is 10.1. The number of urea groups is 1. The van der Waals surface area contributed by atoms with Crippen molar-refractivity contribution in [2.75, 3.05) is 24.7 Å². The molecule has 3 rings (SSSR count). The first-order valence-corrected chi connectivity index (χ1v) is 10.0. The number of amides is 3. The van der Waals surface area contributed by atoms with E-state index in [0.29, 0.717) is 25.4 Å². The molecule has 1 saturated heterocycles. The lowest BCUT2D eigenvalue weighted by Gasteiger charge is -2.19. The van der Waals surface area contributed by atoms with Crippen molar-refractivity contribution in [3.8, 4) is 0 Å². The van der Waals surface area contributed by atoms with Gasteiger partial charge in [-0.15, -0.1) is 0 Å². The van der Waals surface area contributed by atoms with Crippen LogP contribution in [0, 0.1) is 0 Å². The fourth-order valence-corrected chi connectivity index (χ4v) is 3.33. The van der Waals surface area contributed by atoms with Gasteiger partial charge in [0.15, 0.2) is 6.29 Å². The highest BCUT2D eigenvalue weighted by molar-refractivity contribution is 9.10. The number of hydrogen-bond acceptors (Lipinski definition) is 4. The molecular weight excluding hydrogens is 424 g/mol. The van der Waals surface area contributed by atoms with Crippen molar-refractivity contribution in [1.82, 2.24) is 4.90 Å². The van der Waals surface area contributed by atoms with E-state index in [1.165, 1.54) is 4.90 Å². The van der Waals surface area contributed by atoms with Crippen LogP contribution in [0.25, 0.3) is 0 Å². The molecule has 1 aliphatic heterocycles. The number of hydrogen-bond donors (Lipinski definition) is 0. The lowest BCUT2D eigenvalue weighted by molar-refractivity contribution is -0.140. The number of ether oxygens (including phenoxy) is 2. The van der Waals surface area contributed by atoms with Gasteiger partial charge in [-0.05, 0) is 43.7 Å². The van der Waals surface area contributed by atoms with E-state index in [-0.39, 0.29) is 18.5 Å². The molecule has 6 nitrogen and oxygen atoms in total. The second-order valence-corrected chi connectivity index (χ2v) is 7.24. The Morgan fingerprint density at radius 3 is 2.14 bits per heavy atom. The number of imide groups is 1. The Morgan fingerprint density at radius 2 is 1.57 bits per heavy atom. The van der Waals surface area contributed by atoms with Gasteiger partial charge in [-0.1, -0.05) is 40.2 Å². The van der Waals surface area contributed by atoms with E-state index in [9.17, 15) is 9.59 Å². The molecule has 2 aromatic rings. The maximum Gasteiger partial charge on any atom is 0.332 e. The molecule has 0 spiro atoms. The molecule has 1 fully saturated rings. The first-order valence-electron chi connectivity index (χ1n) is 9.23. The zero-order valence-electron chi connectivity index (χ0n) is 15.9. The largest absolute Gasteiger partial charge is 0.349 e. The van der Waals surface area contributed by atoms with Crippen molar-refractivity contribution in [3.63, 3.8) is 0 Å². The molecule has 0 aromatic heterocycles. The average molecular weight is 447 g/mol. The lowest BCUT2D eigenvalue weighted by Crippen LogP contribution is -2.32. The highest BCUT2D eigenvalue weighted by atomic mass is 79.9. The third kappa shape index (κ3) is 4.60. The molecule has 0 unspecified atom stereocenters. The molecule has 7 heteroatoms. The van der Waals surface area contributed by atoms with Gasteiger partial charge in [0.25, 0.3) is 5.91 Å². The van der Waals surface area contributed by atoms with Gasteiger partial charge >= 0.3 is 6.03 Å². The summed E-state index contributed by atoms with van der Waals surface area (Å²) >= 11 is 3.36. The Bertz CT molecular complexity index is 817. The van der Waals surface area contributed by atoms with Crippen molar-refractivity contribution in [3.05, 3.63) is 64.1 Å². The topological polar surface area (TPSA) is 59.1 Å². The minimum absolute atomic E-state index is 0.0666. The fraction of sp³-hybridized carbons (Fsp3) is 0.333. The zero-order valence-corrected chi connectivity index (χ0v) is 17.5. The zero-order chi connectivity index (χ0) is 20.1. The van der Waals surface area contributed by atoms with Crippen LogP contribution in [0.4, 0.5) is 10.5 Å². The maximum atomic E-state index is 12.7. The summed E-state index contributed by atoms with van der Waals surface area (Å²) in [5.41, 5.74) is 2.44. The van der Waals surface area contributed by atoms with Crippen LogP contribution in [0.3, 0.4) is 0 Å². The Kier molecular flexibility index (Phi) is 6.83. The maximum absolute atomic E-state index is 12.7. The minimum Gasteiger partial charge on any atom is -0.349 e. The van der Waals surface area contributed by atoms with Crippen LogP contribution in [0.5, 0.6) is 0 Å². The minimum atomic E-state index is -0.396. The molecule has 1 heterocycles. The van der Waals surface area contributed by atoms with Crippen LogP contribution in [0.2, 0.25) is 0 Å². The van der Waals surface area contributed by atoms with Crippen molar-refractivity contribution in [2.45, 2.75) is 26.7 Å². The third-order valence-electron chi connectivity index (χ3n) is 4.38. The SMILES string of the molecule is CCOC(OCC)c1ccc(CN2CC(=O)N(c3ccc(Br)cc3)C2=O)cc1. The van der Waals surface area contributed by atoms with Gasteiger partial charge < -0.3 is 14.4 Å². The van der Waals surface area contributed by atoms with Gasteiger partial charge in [-0.2, -0.15) is 0 Å². The summed E-state index contributed by atoms with van der Waals surface area (Å²) < 4.78 is 12.1. The summed E-state index contributed by atoms with van der Waals surface area (Å²) in [4.78, 5) is 27.9. The number of carbonyl (C=O) groups excluding carboxylic acids is 2. The number of rotatable bonds is 8. The smallest absolute Gasteiger partial charge is 0.332 e. The van der Waals surface area contributed by atoms with E-state index in [1.54, 1.807) is 17.0 Å². The molecule has 28 heavy (non-hydrogen) atoms. The van der Waals surface area contributed by atoms with Gasteiger partial charge in [0.2, 0.25) is 0 Å². The standard InChI is InChI=1S/C21H23BrN2O4/c1-3-27-20(28-4-2)16-7-5-15(6-8-16)13-23-14-19(25)24(21(23)26)18-11-9-17(22)10-12-18/h5-12,20H,3-4,13-14H2,1-2H3. The van der Waals surface area contributed by atoms with Crippen LogP contribution in [0.15, 0.2) is 53.0 Å². The third-order valence-corrected chi connectivity index (χ3v) is 4.91. The van der Waals surface area contributed by atoms with Crippen LogP contribution in [0.1, 0.15) is 31.3 Å². The molecule has 3 amide bonds. The van der Waals surface area contributed by atoms with E-state index in [0.717, 1.165) is 15.6 Å². The summed E-state index contributed by atoms with van der Waals surface area (Å²) in [7, 11) is 0. The van der Waals surface area contributed by atoms with E-state index < -0.39 is 6.29 Å². The Morgan fingerprint density at radius 1 is 0.964 bits per heavy atom. The first kappa shape index (κ1) is 20.5. The second-order valence-electron chi connectivity index (χ2n) is 6.33. The molecule has 0 bridgehead atoms. The molecule has 148 valence electrons. The second kappa shape index (κ2) is 9.32. The van der Waals surface area contributed by atoms with Gasteiger partial charge in [0, 0.05) is 29.8 Å². The summed E-state index contributed by atoms with van der Waals surface area (Å²) in [5, 5.41) is 0. The molecule has 0 radical (unpaired) electrons. The highest BCUT2D eigenvalue weighted by Gasteiger charge is 2.36. The van der Waals surface area contributed by atoms with Gasteiger partial charge in [0.05, 0.1) is 5.69 Å². The Balaban J connectivity index is 1.69. The normalized spacial score (nSPS) is 14.4. The van der Waals surface area contributed by atoms with Crippen molar-refractivity contribution >= 4 is 33.6 Å². The molecule has 0 N–H and O–H groups in total. The summed E-state index contributed by atoms with van der Waals surface area (Å²) in [6, 6.07) is 14.5. The molecule has 0 aliphatic carbocycles. The molecular formula is C21H23BrN2O4. The Labute approximate surface area is 173 Å². The van der Waals surface area contributed by atoms with E-state index >= 15 is 0 Å². The van der Waals surface area contributed by atoms with Crippen molar-refractivity contribution in [2.24, 2.45) is 0 Å².